The van der Waals surface area contributed by atoms with Crippen molar-refractivity contribution in [2.24, 2.45) is 5.92 Å². The van der Waals surface area contributed by atoms with Gasteiger partial charge in [0.1, 0.15) is 0 Å². The van der Waals surface area contributed by atoms with Gasteiger partial charge in [-0.05, 0) is 0 Å². The number of hydrogen-bond acceptors (Lipinski definition) is 1. The fourth-order valence-electron chi connectivity index (χ4n) is 1.03. The van der Waals surface area contributed by atoms with Crippen LogP contribution in [-0.4, -0.2) is 18.5 Å². The van der Waals surface area contributed by atoms with Crippen molar-refractivity contribution >= 4 is 15.9 Å². The molecule has 10 heavy (non-hydrogen) atoms. The maximum absolute atomic E-state index is 5.23. The van der Waals surface area contributed by atoms with Gasteiger partial charge in [-0.15, -0.1) is 0 Å². The highest BCUT2D eigenvalue weighted by Gasteiger charge is 2.15. The molecular weight excluding hydrogens is 192 g/mol. The molecule has 1 aliphatic carbocycles. The molecule has 0 fully saturated rings. The lowest BCUT2D eigenvalue weighted by Crippen LogP contribution is -2.21. The van der Waals surface area contributed by atoms with Crippen molar-refractivity contribution in [3.05, 3.63) is 24.3 Å². The second kappa shape index (κ2) is 3.94. The van der Waals surface area contributed by atoms with Gasteiger partial charge in [-0.1, -0.05) is 40.2 Å². The SMILES string of the molecule is COC1C=CC=CC1CBr. The van der Waals surface area contributed by atoms with Gasteiger partial charge >= 0.3 is 0 Å². The third-order valence-electron chi connectivity index (χ3n) is 1.64. The van der Waals surface area contributed by atoms with E-state index in [1.807, 2.05) is 6.08 Å². The highest BCUT2D eigenvalue weighted by Crippen LogP contribution is 2.16. The average molecular weight is 203 g/mol. The van der Waals surface area contributed by atoms with Gasteiger partial charge in [-0.3, -0.25) is 0 Å². The summed E-state index contributed by atoms with van der Waals surface area (Å²) >= 11 is 3.43. The van der Waals surface area contributed by atoms with Crippen LogP contribution >= 0.6 is 15.9 Å². The molecule has 0 aliphatic heterocycles. The first-order valence-corrected chi connectivity index (χ1v) is 4.44. The van der Waals surface area contributed by atoms with Crippen molar-refractivity contribution < 1.29 is 4.74 Å². The van der Waals surface area contributed by atoms with Gasteiger partial charge in [0, 0.05) is 18.4 Å². The lowest BCUT2D eigenvalue weighted by molar-refractivity contribution is 0.113. The van der Waals surface area contributed by atoms with Crippen LogP contribution in [0.3, 0.4) is 0 Å². The monoisotopic (exact) mass is 202 g/mol. The Morgan fingerprint density at radius 3 is 2.60 bits per heavy atom. The van der Waals surface area contributed by atoms with Crippen LogP contribution in [0, 0.1) is 5.92 Å². The van der Waals surface area contributed by atoms with Gasteiger partial charge in [-0.25, -0.2) is 0 Å². The minimum absolute atomic E-state index is 0.254. The fourth-order valence-corrected chi connectivity index (χ4v) is 1.61. The molecule has 1 aliphatic rings. The molecule has 2 heteroatoms. The van der Waals surface area contributed by atoms with E-state index < -0.39 is 0 Å². The molecule has 1 rings (SSSR count). The summed E-state index contributed by atoms with van der Waals surface area (Å²) in [7, 11) is 1.74. The van der Waals surface area contributed by atoms with Gasteiger partial charge in [0.05, 0.1) is 6.10 Å². The van der Waals surface area contributed by atoms with E-state index in [1.165, 1.54) is 0 Å². The predicted molar refractivity (Wildman–Crippen MR) is 46.4 cm³/mol. The molecule has 0 spiro atoms. The number of rotatable bonds is 2. The van der Waals surface area contributed by atoms with Crippen LogP contribution in [0.4, 0.5) is 0 Å². The Morgan fingerprint density at radius 1 is 1.40 bits per heavy atom. The Bertz CT molecular complexity index is 133. The van der Waals surface area contributed by atoms with Crippen molar-refractivity contribution in [1.29, 1.82) is 0 Å². The van der Waals surface area contributed by atoms with E-state index in [0.717, 1.165) is 5.33 Å². The molecule has 2 atom stereocenters. The smallest absolute Gasteiger partial charge is 0.0825 e. The van der Waals surface area contributed by atoms with Crippen molar-refractivity contribution in [3.8, 4) is 0 Å². The Labute approximate surface area is 69.9 Å². The molecule has 56 valence electrons. The summed E-state index contributed by atoms with van der Waals surface area (Å²) in [4.78, 5) is 0. The van der Waals surface area contributed by atoms with E-state index >= 15 is 0 Å². The van der Waals surface area contributed by atoms with Crippen LogP contribution in [0.15, 0.2) is 24.3 Å². The third-order valence-corrected chi connectivity index (χ3v) is 2.39. The summed E-state index contributed by atoms with van der Waals surface area (Å²) in [5.74, 6) is 0.495. The lowest BCUT2D eigenvalue weighted by atomic mass is 10.0. The maximum atomic E-state index is 5.23. The van der Waals surface area contributed by atoms with Crippen molar-refractivity contribution in [3.63, 3.8) is 0 Å². The molecule has 0 aromatic heterocycles. The predicted octanol–water partition coefficient (Wildman–Crippen LogP) is 2.14. The Kier molecular flexibility index (Phi) is 3.16. The van der Waals surface area contributed by atoms with E-state index in [-0.39, 0.29) is 6.10 Å². The van der Waals surface area contributed by atoms with Crippen molar-refractivity contribution in [2.75, 3.05) is 12.4 Å². The van der Waals surface area contributed by atoms with Crippen molar-refractivity contribution in [2.45, 2.75) is 6.10 Å². The number of methoxy groups -OCH3 is 1. The molecule has 0 radical (unpaired) electrons. The van der Waals surface area contributed by atoms with E-state index in [4.69, 9.17) is 4.74 Å². The van der Waals surface area contributed by atoms with Gasteiger partial charge in [0.15, 0.2) is 0 Å². The van der Waals surface area contributed by atoms with Gasteiger partial charge in [0.2, 0.25) is 0 Å². The maximum Gasteiger partial charge on any atom is 0.0825 e. The molecule has 0 N–H and O–H groups in total. The second-order valence-corrected chi connectivity index (χ2v) is 2.94. The second-order valence-electron chi connectivity index (χ2n) is 2.29. The summed E-state index contributed by atoms with van der Waals surface area (Å²) in [5, 5.41) is 0.965. The summed E-state index contributed by atoms with van der Waals surface area (Å²) in [6.45, 7) is 0. The minimum atomic E-state index is 0.254. The zero-order valence-electron chi connectivity index (χ0n) is 5.96. The number of hydrogen-bond donors (Lipinski definition) is 0. The number of ether oxygens (including phenoxy) is 1. The molecule has 0 bridgehead atoms. The Hall–Kier alpha value is -0.0800. The highest BCUT2D eigenvalue weighted by molar-refractivity contribution is 9.09. The van der Waals surface area contributed by atoms with Crippen LogP contribution < -0.4 is 0 Å². The molecular formula is C8H11BrO. The molecule has 0 amide bonds. The van der Waals surface area contributed by atoms with Gasteiger partial charge < -0.3 is 4.74 Å². The average Bonchev–Trinajstić information content (AvgIpc) is 2.04. The third kappa shape index (κ3) is 1.70. The van der Waals surface area contributed by atoms with Crippen LogP contribution in [0.1, 0.15) is 0 Å². The van der Waals surface area contributed by atoms with Crippen LogP contribution in [-0.2, 0) is 4.74 Å². The molecule has 0 saturated heterocycles. The molecule has 0 heterocycles. The fraction of sp³-hybridized carbons (Fsp3) is 0.500. The Morgan fingerprint density at radius 2 is 2.10 bits per heavy atom. The van der Waals surface area contributed by atoms with Crippen LogP contribution in [0.5, 0.6) is 0 Å². The Balaban J connectivity index is 2.55. The molecule has 0 aromatic rings. The van der Waals surface area contributed by atoms with Crippen LogP contribution in [0.25, 0.3) is 0 Å². The summed E-state index contributed by atoms with van der Waals surface area (Å²) in [6.07, 6.45) is 8.56. The van der Waals surface area contributed by atoms with Crippen molar-refractivity contribution in [1.82, 2.24) is 0 Å². The lowest BCUT2D eigenvalue weighted by Gasteiger charge is -2.20. The van der Waals surface area contributed by atoms with E-state index in [0.29, 0.717) is 5.92 Å². The quantitative estimate of drug-likeness (QED) is 0.624. The first kappa shape index (κ1) is 8.02. The van der Waals surface area contributed by atoms with Crippen LogP contribution in [0.2, 0.25) is 0 Å². The summed E-state index contributed by atoms with van der Waals surface area (Å²) in [6, 6.07) is 0. The topological polar surface area (TPSA) is 9.23 Å². The zero-order valence-corrected chi connectivity index (χ0v) is 7.54. The minimum Gasteiger partial charge on any atom is -0.377 e. The van der Waals surface area contributed by atoms with Gasteiger partial charge in [-0.2, -0.15) is 0 Å². The van der Waals surface area contributed by atoms with E-state index in [2.05, 4.69) is 34.2 Å². The number of allylic oxidation sites excluding steroid dienone is 2. The first-order valence-electron chi connectivity index (χ1n) is 3.32. The normalized spacial score (nSPS) is 31.0. The first-order chi connectivity index (χ1) is 4.88. The molecule has 0 saturated carbocycles. The summed E-state index contributed by atoms with van der Waals surface area (Å²) < 4.78 is 5.23. The summed E-state index contributed by atoms with van der Waals surface area (Å²) in [5.41, 5.74) is 0. The van der Waals surface area contributed by atoms with E-state index in [9.17, 15) is 0 Å². The van der Waals surface area contributed by atoms with Gasteiger partial charge in [0.25, 0.3) is 0 Å². The largest absolute Gasteiger partial charge is 0.377 e. The van der Waals surface area contributed by atoms with E-state index in [1.54, 1.807) is 7.11 Å². The molecule has 2 unspecified atom stereocenters. The highest BCUT2D eigenvalue weighted by atomic mass is 79.9. The zero-order chi connectivity index (χ0) is 7.40. The number of halogens is 1. The molecule has 1 nitrogen and oxygen atoms in total. The number of alkyl halides is 1. The standard InChI is InChI=1S/C8H11BrO/c1-10-8-5-3-2-4-7(8)6-9/h2-5,7-8H,6H2,1H3. The molecule has 0 aromatic carbocycles.